The highest BCUT2D eigenvalue weighted by Crippen LogP contribution is 2.24. The number of nitrogens with zero attached hydrogens (tertiary/aromatic N) is 2. The maximum atomic E-state index is 11.6. The van der Waals surface area contributed by atoms with Crippen LogP contribution in [0.5, 0.6) is 5.75 Å². The maximum Gasteiger partial charge on any atom is 0.305 e. The number of carbonyl (C=O) groups is 2. The van der Waals surface area contributed by atoms with Crippen LogP contribution in [0.1, 0.15) is 31.7 Å². The normalized spacial score (nSPS) is 18.7. The number of nitrogens with one attached hydrogen (secondary N) is 1. The predicted molar refractivity (Wildman–Crippen MR) is 101 cm³/mol. The summed E-state index contributed by atoms with van der Waals surface area (Å²) in [5.74, 6) is -0.694. The fourth-order valence-corrected chi connectivity index (χ4v) is 3.26. The third-order valence-electron chi connectivity index (χ3n) is 3.21. The molecule has 1 aliphatic rings. The minimum absolute atomic E-state index is 0.250. The van der Waals surface area contributed by atoms with E-state index in [4.69, 9.17) is 9.84 Å². The van der Waals surface area contributed by atoms with Gasteiger partial charge in [-0.1, -0.05) is 41.0 Å². The first-order chi connectivity index (χ1) is 12.0. The second-order valence-corrected chi connectivity index (χ2v) is 7.33. The smallest absolute Gasteiger partial charge is 0.305 e. The molecule has 9 heteroatoms. The Morgan fingerprint density at radius 2 is 2.32 bits per heavy atom. The first-order valence-corrected chi connectivity index (χ1v) is 9.39. The third-order valence-corrected chi connectivity index (χ3v) is 4.77. The zero-order chi connectivity index (χ0) is 18.2. The zero-order valence-electron chi connectivity index (χ0n) is 13.6. The van der Waals surface area contributed by atoms with Crippen LogP contribution in [0.2, 0.25) is 0 Å². The number of halogens is 1. The van der Waals surface area contributed by atoms with Gasteiger partial charge in [0, 0.05) is 10.0 Å². The standard InChI is InChI=1S/C16H18BrN3O4S/c1-2-3-6-24-12-5-4-11(17)7-10(12)9-18-20-16-19-15(23)13(25-16)8-14(21)22/h4-5,7,9,13H,2-3,6,8H2,1H3,(H,21,22)(H,19,20,23). The van der Waals surface area contributed by atoms with Gasteiger partial charge >= 0.3 is 5.97 Å². The largest absolute Gasteiger partial charge is 0.493 e. The van der Waals surface area contributed by atoms with Crippen molar-refractivity contribution >= 4 is 51.0 Å². The van der Waals surface area contributed by atoms with Crippen molar-refractivity contribution in [3.05, 3.63) is 28.2 Å². The van der Waals surface area contributed by atoms with E-state index in [0.29, 0.717) is 12.4 Å². The van der Waals surface area contributed by atoms with Gasteiger partial charge in [0.05, 0.1) is 19.2 Å². The average Bonchev–Trinajstić information content (AvgIpc) is 2.88. The molecule has 0 aliphatic carbocycles. The second kappa shape index (κ2) is 9.57. The lowest BCUT2D eigenvalue weighted by Gasteiger charge is -2.08. The highest BCUT2D eigenvalue weighted by atomic mass is 79.9. The van der Waals surface area contributed by atoms with Crippen molar-refractivity contribution < 1.29 is 19.4 Å². The molecule has 1 fully saturated rings. The summed E-state index contributed by atoms with van der Waals surface area (Å²) in [7, 11) is 0. The Morgan fingerprint density at radius 1 is 1.52 bits per heavy atom. The van der Waals surface area contributed by atoms with Crippen molar-refractivity contribution in [3.63, 3.8) is 0 Å². The summed E-state index contributed by atoms with van der Waals surface area (Å²) >= 11 is 4.47. The molecule has 25 heavy (non-hydrogen) atoms. The Kier molecular flexibility index (Phi) is 7.45. The Morgan fingerprint density at radius 3 is 3.04 bits per heavy atom. The van der Waals surface area contributed by atoms with Gasteiger partial charge in [-0.25, -0.2) is 0 Å². The molecule has 134 valence electrons. The van der Waals surface area contributed by atoms with E-state index in [9.17, 15) is 9.59 Å². The zero-order valence-corrected chi connectivity index (χ0v) is 16.0. The summed E-state index contributed by atoms with van der Waals surface area (Å²) in [6.45, 7) is 2.71. The number of carboxylic acid groups (broad SMARTS) is 1. The van der Waals surface area contributed by atoms with E-state index in [-0.39, 0.29) is 17.5 Å². The molecule has 1 amide bonds. The van der Waals surface area contributed by atoms with Gasteiger partial charge in [-0.05, 0) is 24.6 Å². The van der Waals surface area contributed by atoms with Crippen LogP contribution in [0.25, 0.3) is 0 Å². The van der Waals surface area contributed by atoms with Crippen molar-refractivity contribution in [1.29, 1.82) is 0 Å². The fourth-order valence-electron chi connectivity index (χ4n) is 1.97. The molecule has 1 heterocycles. The van der Waals surface area contributed by atoms with Crippen molar-refractivity contribution in [2.75, 3.05) is 6.61 Å². The van der Waals surface area contributed by atoms with Crippen LogP contribution < -0.4 is 10.1 Å². The monoisotopic (exact) mass is 427 g/mol. The topological polar surface area (TPSA) is 100 Å². The minimum Gasteiger partial charge on any atom is -0.493 e. The summed E-state index contributed by atoms with van der Waals surface area (Å²) < 4.78 is 6.62. The first-order valence-electron chi connectivity index (χ1n) is 7.72. The van der Waals surface area contributed by atoms with Crippen LogP contribution >= 0.6 is 27.7 Å². The molecule has 0 bridgehead atoms. The second-order valence-electron chi connectivity index (χ2n) is 5.23. The number of benzene rings is 1. The number of amides is 1. The molecule has 2 rings (SSSR count). The summed E-state index contributed by atoms with van der Waals surface area (Å²) in [5.41, 5.74) is 0.756. The number of carboxylic acids is 1. The van der Waals surface area contributed by atoms with Crippen LogP contribution in [0.15, 0.2) is 32.9 Å². The van der Waals surface area contributed by atoms with Gasteiger partial charge in [-0.15, -0.1) is 5.10 Å². The Bertz CT molecular complexity index is 709. The number of rotatable bonds is 8. The number of thioether (sulfide) groups is 1. The van der Waals surface area contributed by atoms with Crippen LogP contribution in [-0.4, -0.2) is 40.2 Å². The highest BCUT2D eigenvalue weighted by molar-refractivity contribution is 9.10. The number of hydrogen-bond acceptors (Lipinski definition) is 6. The molecule has 1 atom stereocenters. The number of unbranched alkanes of at least 4 members (excludes halogenated alkanes) is 1. The molecule has 7 nitrogen and oxygen atoms in total. The quantitative estimate of drug-likeness (QED) is 0.377. The summed E-state index contributed by atoms with van der Waals surface area (Å²) in [6, 6.07) is 5.59. The van der Waals surface area contributed by atoms with Crippen LogP contribution in [0.3, 0.4) is 0 Å². The number of ether oxygens (including phenoxy) is 1. The number of hydrogen-bond donors (Lipinski definition) is 2. The Balaban J connectivity index is 2.05. The van der Waals surface area contributed by atoms with Gasteiger partial charge in [0.2, 0.25) is 5.91 Å². The lowest BCUT2D eigenvalue weighted by atomic mass is 10.2. The molecular formula is C16H18BrN3O4S. The minimum atomic E-state index is -1.03. The summed E-state index contributed by atoms with van der Waals surface area (Å²) in [6.07, 6.45) is 3.29. The van der Waals surface area contributed by atoms with Crippen LogP contribution in [0.4, 0.5) is 0 Å². The summed E-state index contributed by atoms with van der Waals surface area (Å²) in [4.78, 5) is 22.3. The number of amidine groups is 1. The van der Waals surface area contributed by atoms with Crippen molar-refractivity contribution in [1.82, 2.24) is 5.32 Å². The van der Waals surface area contributed by atoms with E-state index in [1.54, 1.807) is 0 Å². The van der Waals surface area contributed by atoms with E-state index in [0.717, 1.165) is 34.6 Å². The first kappa shape index (κ1) is 19.5. The lowest BCUT2D eigenvalue weighted by Crippen LogP contribution is -2.26. The number of carbonyl (C=O) groups excluding carboxylic acids is 1. The van der Waals surface area contributed by atoms with Crippen LogP contribution in [0, 0.1) is 0 Å². The molecule has 1 unspecified atom stereocenters. The molecule has 1 saturated heterocycles. The van der Waals surface area contributed by atoms with Gasteiger partial charge in [0.15, 0.2) is 5.17 Å². The lowest BCUT2D eigenvalue weighted by molar-refractivity contribution is -0.138. The van der Waals surface area contributed by atoms with Crippen LogP contribution in [-0.2, 0) is 9.59 Å². The molecule has 0 saturated carbocycles. The number of aliphatic carboxylic acids is 1. The summed E-state index contributed by atoms with van der Waals surface area (Å²) in [5, 5.41) is 18.8. The van der Waals surface area contributed by atoms with Gasteiger partial charge < -0.3 is 15.2 Å². The van der Waals surface area contributed by atoms with Gasteiger partial charge in [0.1, 0.15) is 11.0 Å². The third kappa shape index (κ3) is 6.17. The molecule has 2 N–H and O–H groups in total. The van der Waals surface area contributed by atoms with E-state index in [1.807, 2.05) is 18.2 Å². The predicted octanol–water partition coefficient (Wildman–Crippen LogP) is 3.02. The fraction of sp³-hybridized carbons (Fsp3) is 0.375. The van der Waals surface area contributed by atoms with Crippen molar-refractivity contribution in [2.24, 2.45) is 10.2 Å². The SMILES string of the molecule is CCCCOc1ccc(Br)cc1C=NN=C1NC(=O)C(CC(=O)O)S1. The van der Waals surface area contributed by atoms with Gasteiger partial charge in [-0.2, -0.15) is 5.10 Å². The maximum absolute atomic E-state index is 11.6. The van der Waals surface area contributed by atoms with Crippen molar-refractivity contribution in [2.45, 2.75) is 31.4 Å². The van der Waals surface area contributed by atoms with Gasteiger partial charge in [0.25, 0.3) is 0 Å². The molecular weight excluding hydrogens is 410 g/mol. The van der Waals surface area contributed by atoms with E-state index < -0.39 is 11.2 Å². The molecule has 0 radical (unpaired) electrons. The van der Waals surface area contributed by atoms with Crippen molar-refractivity contribution in [3.8, 4) is 5.75 Å². The van der Waals surface area contributed by atoms with E-state index in [1.165, 1.54) is 6.21 Å². The van der Waals surface area contributed by atoms with E-state index >= 15 is 0 Å². The molecule has 1 aromatic rings. The Hall–Kier alpha value is -1.87. The highest BCUT2D eigenvalue weighted by Gasteiger charge is 2.32. The Labute approximate surface area is 158 Å². The molecule has 1 aliphatic heterocycles. The molecule has 1 aromatic carbocycles. The molecule has 0 spiro atoms. The van der Waals surface area contributed by atoms with Gasteiger partial charge in [-0.3, -0.25) is 9.59 Å². The molecule has 0 aromatic heterocycles. The average molecular weight is 428 g/mol. The van der Waals surface area contributed by atoms with E-state index in [2.05, 4.69) is 38.4 Å².